The molecule has 1 saturated carbocycles. The molecule has 1 aliphatic rings. The molecule has 2 N–H and O–H groups in total. The lowest BCUT2D eigenvalue weighted by Crippen LogP contribution is -2.35. The molecule has 4 nitrogen and oxygen atoms in total. The molecule has 0 saturated heterocycles. The van der Waals surface area contributed by atoms with Crippen LogP contribution in [0.3, 0.4) is 0 Å². The molecule has 130 valence electrons. The van der Waals surface area contributed by atoms with Crippen molar-refractivity contribution in [3.05, 3.63) is 24.3 Å². The number of rotatable bonds is 12. The van der Waals surface area contributed by atoms with Crippen molar-refractivity contribution in [3.63, 3.8) is 0 Å². The third kappa shape index (κ3) is 8.49. The number of aliphatic hydroxyl groups is 1. The molecule has 0 radical (unpaired) electrons. The summed E-state index contributed by atoms with van der Waals surface area (Å²) >= 11 is 1.98. The van der Waals surface area contributed by atoms with Crippen molar-refractivity contribution < 1.29 is 14.6 Å². The van der Waals surface area contributed by atoms with E-state index in [1.54, 1.807) is 0 Å². The van der Waals surface area contributed by atoms with E-state index in [2.05, 4.69) is 19.2 Å². The van der Waals surface area contributed by atoms with Crippen LogP contribution in [0.25, 0.3) is 0 Å². The van der Waals surface area contributed by atoms with E-state index in [0.717, 1.165) is 29.8 Å². The van der Waals surface area contributed by atoms with Gasteiger partial charge in [0, 0.05) is 18.3 Å². The highest BCUT2D eigenvalue weighted by Gasteiger charge is 2.20. The van der Waals surface area contributed by atoms with Crippen LogP contribution >= 0.6 is 11.8 Å². The normalized spacial score (nSPS) is 15.7. The zero-order chi connectivity index (χ0) is 16.5. The summed E-state index contributed by atoms with van der Waals surface area (Å²) in [6.45, 7) is 5.68. The van der Waals surface area contributed by atoms with Gasteiger partial charge < -0.3 is 19.9 Å². The smallest absolute Gasteiger partial charge is 0.119 e. The molecule has 23 heavy (non-hydrogen) atoms. The van der Waals surface area contributed by atoms with Gasteiger partial charge in [-0.05, 0) is 48.8 Å². The van der Waals surface area contributed by atoms with Crippen molar-refractivity contribution in [2.24, 2.45) is 5.92 Å². The summed E-state index contributed by atoms with van der Waals surface area (Å²) in [6.07, 6.45) is 2.33. The van der Waals surface area contributed by atoms with Crippen LogP contribution in [0.5, 0.6) is 11.5 Å². The Morgan fingerprint density at radius 2 is 1.83 bits per heavy atom. The van der Waals surface area contributed by atoms with Crippen LogP contribution in [0.4, 0.5) is 0 Å². The lowest BCUT2D eigenvalue weighted by molar-refractivity contribution is 0.104. The molecule has 0 bridgehead atoms. The number of nitrogens with one attached hydrogen (secondary N) is 1. The van der Waals surface area contributed by atoms with Crippen LogP contribution in [-0.2, 0) is 0 Å². The van der Waals surface area contributed by atoms with Crippen LogP contribution < -0.4 is 14.8 Å². The predicted octanol–water partition coefficient (Wildman–Crippen LogP) is 2.95. The fourth-order valence-corrected chi connectivity index (χ4v) is 3.04. The second kappa shape index (κ2) is 10.1. The summed E-state index contributed by atoms with van der Waals surface area (Å²) < 4.78 is 11.3. The minimum atomic E-state index is -0.503. The zero-order valence-corrected chi connectivity index (χ0v) is 15.0. The molecule has 1 aromatic carbocycles. The van der Waals surface area contributed by atoms with E-state index >= 15 is 0 Å². The first-order chi connectivity index (χ1) is 11.1. The topological polar surface area (TPSA) is 50.7 Å². The summed E-state index contributed by atoms with van der Waals surface area (Å²) in [7, 11) is 0. The van der Waals surface area contributed by atoms with Crippen LogP contribution in [0.15, 0.2) is 24.3 Å². The Hall–Kier alpha value is -0.910. The third-order valence-corrected chi connectivity index (χ3v) is 4.74. The monoisotopic (exact) mass is 339 g/mol. The quantitative estimate of drug-likeness (QED) is 0.574. The van der Waals surface area contributed by atoms with E-state index in [9.17, 15) is 5.11 Å². The minimum Gasteiger partial charge on any atom is -0.493 e. The zero-order valence-electron chi connectivity index (χ0n) is 14.2. The van der Waals surface area contributed by atoms with Crippen LogP contribution in [0, 0.1) is 5.92 Å². The van der Waals surface area contributed by atoms with Gasteiger partial charge in [0.1, 0.15) is 24.2 Å². The SMILES string of the molecule is CC(C)NCC(O)COc1ccc(OCCSCC2CC2)cc1. The van der Waals surface area contributed by atoms with Gasteiger partial charge in [0.15, 0.2) is 0 Å². The molecule has 1 aromatic rings. The number of thioether (sulfide) groups is 1. The van der Waals surface area contributed by atoms with Gasteiger partial charge in [-0.3, -0.25) is 0 Å². The second-order valence-electron chi connectivity index (χ2n) is 6.37. The Morgan fingerprint density at radius 1 is 1.17 bits per heavy atom. The van der Waals surface area contributed by atoms with E-state index in [-0.39, 0.29) is 6.61 Å². The van der Waals surface area contributed by atoms with Gasteiger partial charge >= 0.3 is 0 Å². The molecule has 0 amide bonds. The van der Waals surface area contributed by atoms with Crippen molar-refractivity contribution in [1.82, 2.24) is 5.32 Å². The van der Waals surface area contributed by atoms with Crippen LogP contribution in [0.1, 0.15) is 26.7 Å². The summed E-state index contributed by atoms with van der Waals surface area (Å²) in [5.74, 6) is 4.92. The van der Waals surface area contributed by atoms with Crippen LogP contribution in [-0.4, -0.2) is 48.5 Å². The average Bonchev–Trinajstić information content (AvgIpc) is 3.36. The Bertz CT molecular complexity index is 434. The number of hydrogen-bond acceptors (Lipinski definition) is 5. The highest BCUT2D eigenvalue weighted by Crippen LogP contribution is 2.32. The van der Waals surface area contributed by atoms with Crippen LogP contribution in [0.2, 0.25) is 0 Å². The predicted molar refractivity (Wildman–Crippen MR) is 96.6 cm³/mol. The molecule has 0 heterocycles. The highest BCUT2D eigenvalue weighted by molar-refractivity contribution is 7.99. The standard InChI is InChI=1S/C18H29NO3S/c1-14(2)19-11-16(20)12-22-18-7-5-17(6-8-18)21-9-10-23-13-15-3-4-15/h5-8,14-16,19-20H,3-4,9-13H2,1-2H3. The third-order valence-electron chi connectivity index (χ3n) is 3.57. The first-order valence-electron chi connectivity index (χ1n) is 8.48. The lowest BCUT2D eigenvalue weighted by atomic mass is 10.3. The highest BCUT2D eigenvalue weighted by atomic mass is 32.2. The molecule has 0 aromatic heterocycles. The fraction of sp³-hybridized carbons (Fsp3) is 0.667. The molecule has 1 fully saturated rings. The Kier molecular flexibility index (Phi) is 8.06. The molecular formula is C18H29NO3S. The molecule has 1 atom stereocenters. The van der Waals surface area contributed by atoms with E-state index in [1.807, 2.05) is 36.0 Å². The maximum absolute atomic E-state index is 9.81. The molecule has 2 rings (SSSR count). The van der Waals surface area contributed by atoms with Gasteiger partial charge in [-0.1, -0.05) is 13.8 Å². The Morgan fingerprint density at radius 3 is 2.43 bits per heavy atom. The summed E-state index contributed by atoms with van der Waals surface area (Å²) in [4.78, 5) is 0. The van der Waals surface area contributed by atoms with Crippen molar-refractivity contribution in [2.75, 3.05) is 31.3 Å². The van der Waals surface area contributed by atoms with E-state index in [1.165, 1.54) is 18.6 Å². The number of ether oxygens (including phenoxy) is 2. The molecule has 1 unspecified atom stereocenters. The minimum absolute atomic E-state index is 0.289. The molecular weight excluding hydrogens is 310 g/mol. The molecule has 5 heteroatoms. The largest absolute Gasteiger partial charge is 0.493 e. The molecule has 0 spiro atoms. The Labute approximate surface area is 143 Å². The van der Waals surface area contributed by atoms with Gasteiger partial charge in [-0.2, -0.15) is 11.8 Å². The molecule has 1 aliphatic carbocycles. The van der Waals surface area contributed by atoms with Gasteiger partial charge in [-0.25, -0.2) is 0 Å². The number of benzene rings is 1. The number of hydrogen-bond donors (Lipinski definition) is 2. The van der Waals surface area contributed by atoms with E-state index < -0.39 is 6.10 Å². The van der Waals surface area contributed by atoms with Gasteiger partial charge in [0.05, 0.1) is 6.61 Å². The summed E-state index contributed by atoms with van der Waals surface area (Å²) in [6, 6.07) is 7.97. The lowest BCUT2D eigenvalue weighted by Gasteiger charge is -2.15. The Balaban J connectivity index is 1.57. The van der Waals surface area contributed by atoms with Crippen molar-refractivity contribution in [2.45, 2.75) is 38.8 Å². The first kappa shape index (κ1) is 18.4. The molecule has 0 aliphatic heterocycles. The maximum Gasteiger partial charge on any atom is 0.119 e. The second-order valence-corrected chi connectivity index (χ2v) is 7.52. The van der Waals surface area contributed by atoms with Crippen molar-refractivity contribution in [1.29, 1.82) is 0 Å². The average molecular weight is 340 g/mol. The summed E-state index contributed by atoms with van der Waals surface area (Å²) in [5.41, 5.74) is 0. The van der Waals surface area contributed by atoms with E-state index in [4.69, 9.17) is 9.47 Å². The van der Waals surface area contributed by atoms with E-state index in [0.29, 0.717) is 12.6 Å². The fourth-order valence-electron chi connectivity index (χ4n) is 2.01. The maximum atomic E-state index is 9.81. The number of aliphatic hydroxyl groups excluding tert-OH is 1. The van der Waals surface area contributed by atoms with Gasteiger partial charge in [0.2, 0.25) is 0 Å². The van der Waals surface area contributed by atoms with Gasteiger partial charge in [-0.15, -0.1) is 0 Å². The summed E-state index contributed by atoms with van der Waals surface area (Å²) in [5, 5.41) is 13.0. The van der Waals surface area contributed by atoms with Crippen molar-refractivity contribution in [3.8, 4) is 11.5 Å². The van der Waals surface area contributed by atoms with Crippen molar-refractivity contribution >= 4 is 11.8 Å². The van der Waals surface area contributed by atoms with Gasteiger partial charge in [0.25, 0.3) is 0 Å². The first-order valence-corrected chi connectivity index (χ1v) is 9.64.